The van der Waals surface area contributed by atoms with Gasteiger partial charge in [0.2, 0.25) is 0 Å². The van der Waals surface area contributed by atoms with Crippen LogP contribution in [0.5, 0.6) is 23.0 Å². The van der Waals surface area contributed by atoms with E-state index in [0.29, 0.717) is 18.1 Å². The van der Waals surface area contributed by atoms with E-state index in [9.17, 15) is 0 Å². The van der Waals surface area contributed by atoms with Crippen LogP contribution in [0.1, 0.15) is 16.7 Å². The minimum absolute atomic E-state index is 0.622. The molecular weight excluding hydrogens is 390 g/mol. The van der Waals surface area contributed by atoms with Gasteiger partial charge in [-0.15, -0.1) is 0 Å². The number of fused-ring (bicyclic) bond motifs is 1. The van der Waals surface area contributed by atoms with E-state index in [0.717, 1.165) is 47.8 Å². The summed E-state index contributed by atoms with van der Waals surface area (Å²) < 4.78 is 23.0. The number of hydrogen-bond acceptors (Lipinski definition) is 5. The van der Waals surface area contributed by atoms with Crippen LogP contribution < -0.4 is 18.9 Å². The first-order chi connectivity index (χ1) is 15.1. The molecule has 0 fully saturated rings. The molecule has 0 unspecified atom stereocenters. The maximum atomic E-state index is 6.13. The van der Waals surface area contributed by atoms with Gasteiger partial charge in [0.05, 0.1) is 21.3 Å². The van der Waals surface area contributed by atoms with Crippen molar-refractivity contribution in [3.05, 3.63) is 71.3 Å². The van der Waals surface area contributed by atoms with E-state index in [-0.39, 0.29) is 0 Å². The highest BCUT2D eigenvalue weighted by Gasteiger charge is 2.22. The van der Waals surface area contributed by atoms with Gasteiger partial charge >= 0.3 is 0 Å². The van der Waals surface area contributed by atoms with Crippen LogP contribution in [0.15, 0.2) is 54.6 Å². The Labute approximate surface area is 184 Å². The van der Waals surface area contributed by atoms with Crippen molar-refractivity contribution in [1.82, 2.24) is 4.90 Å². The van der Waals surface area contributed by atoms with Gasteiger partial charge in [0.1, 0.15) is 6.61 Å². The summed E-state index contributed by atoms with van der Waals surface area (Å²) in [6, 6.07) is 18.7. The van der Waals surface area contributed by atoms with Crippen molar-refractivity contribution in [2.24, 2.45) is 0 Å². The molecule has 0 saturated carbocycles. The SMILES string of the molecule is COc1cc(-c2cccc(OC)c2OC)cc2c1OCCN(Cc1cccc(C)c1)C2. The third-order valence-electron chi connectivity index (χ3n) is 5.60. The van der Waals surface area contributed by atoms with Crippen molar-refractivity contribution in [2.45, 2.75) is 20.0 Å². The van der Waals surface area contributed by atoms with Gasteiger partial charge in [-0.25, -0.2) is 0 Å². The maximum absolute atomic E-state index is 6.13. The summed E-state index contributed by atoms with van der Waals surface area (Å²) in [6.07, 6.45) is 0. The predicted octanol–water partition coefficient (Wildman–Crippen LogP) is 5.08. The Kier molecular flexibility index (Phi) is 6.33. The molecule has 3 aromatic carbocycles. The largest absolute Gasteiger partial charge is 0.493 e. The van der Waals surface area contributed by atoms with Crippen LogP contribution >= 0.6 is 0 Å². The Morgan fingerprint density at radius 3 is 2.45 bits per heavy atom. The van der Waals surface area contributed by atoms with Crippen molar-refractivity contribution in [3.8, 4) is 34.1 Å². The average Bonchev–Trinajstić information content (AvgIpc) is 2.99. The number of methoxy groups -OCH3 is 3. The van der Waals surface area contributed by atoms with E-state index in [1.165, 1.54) is 11.1 Å². The fourth-order valence-electron chi connectivity index (χ4n) is 4.16. The van der Waals surface area contributed by atoms with Crippen LogP contribution in [-0.4, -0.2) is 39.4 Å². The number of benzene rings is 3. The Bertz CT molecular complexity index is 1060. The average molecular weight is 420 g/mol. The third kappa shape index (κ3) is 4.47. The fourth-order valence-corrected chi connectivity index (χ4v) is 4.16. The molecule has 5 nitrogen and oxygen atoms in total. The Morgan fingerprint density at radius 2 is 1.71 bits per heavy atom. The quantitative estimate of drug-likeness (QED) is 0.557. The summed E-state index contributed by atoms with van der Waals surface area (Å²) in [6.45, 7) is 5.25. The van der Waals surface area contributed by atoms with Crippen molar-refractivity contribution in [2.75, 3.05) is 34.5 Å². The summed E-state index contributed by atoms with van der Waals surface area (Å²) in [5.74, 6) is 2.96. The fraction of sp³-hybridized carbons (Fsp3) is 0.308. The molecule has 0 saturated heterocycles. The molecule has 0 aromatic heterocycles. The minimum Gasteiger partial charge on any atom is -0.493 e. The molecule has 0 spiro atoms. The lowest BCUT2D eigenvalue weighted by atomic mass is 10.00. The van der Waals surface area contributed by atoms with Gasteiger partial charge in [0, 0.05) is 30.8 Å². The van der Waals surface area contributed by atoms with E-state index >= 15 is 0 Å². The van der Waals surface area contributed by atoms with Gasteiger partial charge in [-0.2, -0.15) is 0 Å². The van der Waals surface area contributed by atoms with Gasteiger partial charge in [-0.1, -0.05) is 42.0 Å². The zero-order chi connectivity index (χ0) is 21.8. The molecular formula is C26H29NO4. The molecule has 3 aromatic rings. The standard InChI is InChI=1S/C26H29NO4/c1-18-7-5-8-19(13-18)16-27-11-12-31-25-21(17-27)14-20(15-24(25)29-3)22-9-6-10-23(28-2)26(22)30-4/h5-10,13-15H,11-12,16-17H2,1-4H3. The van der Waals surface area contributed by atoms with Crippen LogP contribution in [0.3, 0.4) is 0 Å². The van der Waals surface area contributed by atoms with E-state index in [1.807, 2.05) is 24.3 Å². The molecule has 1 aliphatic heterocycles. The first kappa shape index (κ1) is 21.1. The molecule has 0 bridgehead atoms. The lowest BCUT2D eigenvalue weighted by molar-refractivity contribution is 0.217. The van der Waals surface area contributed by atoms with Gasteiger partial charge < -0.3 is 18.9 Å². The number of nitrogens with zero attached hydrogens (tertiary/aromatic N) is 1. The normalized spacial score (nSPS) is 13.7. The summed E-state index contributed by atoms with van der Waals surface area (Å²) in [7, 11) is 4.99. The van der Waals surface area contributed by atoms with E-state index in [4.69, 9.17) is 18.9 Å². The van der Waals surface area contributed by atoms with Crippen molar-refractivity contribution >= 4 is 0 Å². The molecule has 1 heterocycles. The predicted molar refractivity (Wildman–Crippen MR) is 122 cm³/mol. The van der Waals surface area contributed by atoms with E-state index < -0.39 is 0 Å². The number of ether oxygens (including phenoxy) is 4. The van der Waals surface area contributed by atoms with Gasteiger partial charge in [0.25, 0.3) is 0 Å². The zero-order valence-corrected chi connectivity index (χ0v) is 18.6. The van der Waals surface area contributed by atoms with Crippen molar-refractivity contribution < 1.29 is 18.9 Å². The monoisotopic (exact) mass is 419 g/mol. The third-order valence-corrected chi connectivity index (χ3v) is 5.60. The molecule has 4 rings (SSSR count). The van der Waals surface area contributed by atoms with Crippen molar-refractivity contribution in [1.29, 1.82) is 0 Å². The molecule has 0 N–H and O–H groups in total. The Hall–Kier alpha value is -3.18. The van der Waals surface area contributed by atoms with Crippen molar-refractivity contribution in [3.63, 3.8) is 0 Å². The van der Waals surface area contributed by atoms with Crippen LogP contribution in [0.2, 0.25) is 0 Å². The number of aryl methyl sites for hydroxylation is 1. The summed E-state index contributed by atoms with van der Waals surface area (Å²) in [4.78, 5) is 2.41. The maximum Gasteiger partial charge on any atom is 0.168 e. The molecule has 1 aliphatic rings. The van der Waals surface area contributed by atoms with Gasteiger partial charge in [-0.05, 0) is 36.2 Å². The van der Waals surface area contributed by atoms with Crippen LogP contribution in [0.4, 0.5) is 0 Å². The summed E-state index contributed by atoms with van der Waals surface area (Å²) in [5.41, 5.74) is 5.65. The number of hydrogen-bond donors (Lipinski definition) is 0. The molecule has 0 atom stereocenters. The van der Waals surface area contributed by atoms with Crippen LogP contribution in [0.25, 0.3) is 11.1 Å². The number of para-hydroxylation sites is 1. The van der Waals surface area contributed by atoms with Gasteiger partial charge in [-0.3, -0.25) is 4.90 Å². The molecule has 0 radical (unpaired) electrons. The highest BCUT2D eigenvalue weighted by molar-refractivity contribution is 5.77. The zero-order valence-electron chi connectivity index (χ0n) is 18.6. The van der Waals surface area contributed by atoms with E-state index in [1.54, 1.807) is 21.3 Å². The lowest BCUT2D eigenvalue weighted by Gasteiger charge is -2.20. The Morgan fingerprint density at radius 1 is 0.903 bits per heavy atom. The second-order valence-corrected chi connectivity index (χ2v) is 7.76. The highest BCUT2D eigenvalue weighted by atomic mass is 16.5. The van der Waals surface area contributed by atoms with Crippen LogP contribution in [-0.2, 0) is 13.1 Å². The topological polar surface area (TPSA) is 40.2 Å². The first-order valence-corrected chi connectivity index (χ1v) is 10.5. The van der Waals surface area contributed by atoms with E-state index in [2.05, 4.69) is 42.2 Å². The molecule has 0 aliphatic carbocycles. The van der Waals surface area contributed by atoms with Crippen LogP contribution in [0, 0.1) is 6.92 Å². The minimum atomic E-state index is 0.622. The summed E-state index contributed by atoms with van der Waals surface area (Å²) in [5, 5.41) is 0. The molecule has 162 valence electrons. The van der Waals surface area contributed by atoms with Gasteiger partial charge in [0.15, 0.2) is 23.0 Å². The molecule has 5 heteroatoms. The first-order valence-electron chi connectivity index (χ1n) is 10.5. The molecule has 0 amide bonds. The lowest BCUT2D eigenvalue weighted by Crippen LogP contribution is -2.25. The second-order valence-electron chi connectivity index (χ2n) is 7.76. The summed E-state index contributed by atoms with van der Waals surface area (Å²) >= 11 is 0. The molecule has 31 heavy (non-hydrogen) atoms. The smallest absolute Gasteiger partial charge is 0.168 e. The Balaban J connectivity index is 1.72. The second kappa shape index (κ2) is 9.31. The highest BCUT2D eigenvalue weighted by Crippen LogP contribution is 2.43. The number of rotatable bonds is 6.